The van der Waals surface area contributed by atoms with Crippen LogP contribution in [0.3, 0.4) is 0 Å². The van der Waals surface area contributed by atoms with Gasteiger partial charge in [-0.1, -0.05) is 52.9 Å². The molecule has 3 rings (SSSR count). The summed E-state index contributed by atoms with van der Waals surface area (Å²) in [6.07, 6.45) is 5.38. The minimum atomic E-state index is -1.11. The summed E-state index contributed by atoms with van der Waals surface area (Å²) in [5, 5.41) is 10.3. The molecule has 118 valence electrons. The molecule has 23 heavy (non-hydrogen) atoms. The van der Waals surface area contributed by atoms with Crippen LogP contribution in [0.2, 0.25) is 0 Å². The summed E-state index contributed by atoms with van der Waals surface area (Å²) in [6.45, 7) is 3.83. The Morgan fingerprint density at radius 2 is 2.00 bits per heavy atom. The van der Waals surface area contributed by atoms with Crippen LogP contribution >= 0.6 is 31.9 Å². The van der Waals surface area contributed by atoms with Crippen molar-refractivity contribution in [1.29, 1.82) is 0 Å². The van der Waals surface area contributed by atoms with Gasteiger partial charge < -0.3 is 5.11 Å². The van der Waals surface area contributed by atoms with Crippen LogP contribution in [0, 0.1) is 5.92 Å². The van der Waals surface area contributed by atoms with Crippen LogP contribution in [0.5, 0.6) is 5.75 Å². The number of hydrogen-bond acceptors (Lipinski definition) is 3. The van der Waals surface area contributed by atoms with Gasteiger partial charge in [0.1, 0.15) is 10.1 Å². The van der Waals surface area contributed by atoms with Crippen molar-refractivity contribution >= 4 is 43.4 Å². The minimum absolute atomic E-state index is 0.0959. The smallest absolute Gasteiger partial charge is 0.175 e. The van der Waals surface area contributed by atoms with E-state index < -0.39 is 16.2 Å². The minimum Gasteiger partial charge on any atom is -0.508 e. The highest BCUT2D eigenvalue weighted by molar-refractivity contribution is 9.12. The molecule has 0 aliphatic heterocycles. The second kappa shape index (κ2) is 5.87. The molecule has 3 atom stereocenters. The molecule has 0 fully saturated rings. The molecule has 0 saturated heterocycles. The number of rotatable bonds is 2. The lowest BCUT2D eigenvalue weighted by Crippen LogP contribution is -2.52. The molecule has 0 radical (unpaired) electrons. The number of benzene rings is 1. The molecule has 1 aromatic rings. The summed E-state index contributed by atoms with van der Waals surface area (Å²) in [4.78, 5) is 25.4. The maximum atomic E-state index is 12.8. The highest BCUT2D eigenvalue weighted by Crippen LogP contribution is 2.55. The summed E-state index contributed by atoms with van der Waals surface area (Å²) >= 11 is 6.77. The van der Waals surface area contributed by atoms with Gasteiger partial charge in [0.15, 0.2) is 11.6 Å². The van der Waals surface area contributed by atoms with Crippen molar-refractivity contribution in [3.05, 3.63) is 64.7 Å². The number of halogens is 2. The van der Waals surface area contributed by atoms with E-state index in [0.717, 1.165) is 5.57 Å². The Kier molecular flexibility index (Phi) is 4.19. The van der Waals surface area contributed by atoms with Crippen LogP contribution in [0.15, 0.2) is 59.1 Å². The average molecular weight is 438 g/mol. The van der Waals surface area contributed by atoms with Crippen LogP contribution in [0.25, 0.3) is 0 Å². The Labute approximate surface area is 151 Å². The maximum absolute atomic E-state index is 12.8. The van der Waals surface area contributed by atoms with Crippen molar-refractivity contribution in [3.63, 3.8) is 0 Å². The number of Topliss-reactive ketones (excluding diaryl/α,β-unsaturated/α-hetero) is 1. The first-order valence-electron chi connectivity index (χ1n) is 7.16. The molecule has 0 heterocycles. The molecule has 0 bridgehead atoms. The summed E-state index contributed by atoms with van der Waals surface area (Å²) < 4.78 is -0.813. The first-order chi connectivity index (χ1) is 10.9. The van der Waals surface area contributed by atoms with E-state index in [0.29, 0.717) is 16.5 Å². The summed E-state index contributed by atoms with van der Waals surface area (Å²) in [6, 6.07) is 6.88. The van der Waals surface area contributed by atoms with Crippen molar-refractivity contribution in [2.75, 3.05) is 0 Å². The van der Waals surface area contributed by atoms with Gasteiger partial charge in [-0.25, -0.2) is 0 Å². The van der Waals surface area contributed by atoms with E-state index in [1.165, 1.54) is 6.08 Å². The van der Waals surface area contributed by atoms with Gasteiger partial charge in [0.05, 0.1) is 10.4 Å². The highest BCUT2D eigenvalue weighted by atomic mass is 79.9. The molecule has 1 N–H and O–H groups in total. The van der Waals surface area contributed by atoms with Crippen molar-refractivity contribution in [3.8, 4) is 5.75 Å². The van der Waals surface area contributed by atoms with Crippen LogP contribution < -0.4 is 0 Å². The number of para-hydroxylation sites is 1. The number of carbonyl (C=O) groups excluding carboxylic acids is 2. The van der Waals surface area contributed by atoms with Gasteiger partial charge >= 0.3 is 0 Å². The average Bonchev–Trinajstić information content (AvgIpc) is 2.53. The van der Waals surface area contributed by atoms with E-state index >= 15 is 0 Å². The first-order valence-corrected chi connectivity index (χ1v) is 8.75. The maximum Gasteiger partial charge on any atom is 0.175 e. The number of phenols is 1. The molecule has 0 spiro atoms. The molecule has 2 aliphatic carbocycles. The monoisotopic (exact) mass is 436 g/mol. The Bertz CT molecular complexity index is 778. The third-order valence-electron chi connectivity index (χ3n) is 4.52. The Morgan fingerprint density at radius 3 is 2.65 bits per heavy atom. The summed E-state index contributed by atoms with van der Waals surface area (Å²) in [5.41, 5.74) is 1.43. The Hall–Kier alpha value is -1.46. The van der Waals surface area contributed by atoms with E-state index in [1.807, 2.05) is 6.08 Å². The van der Waals surface area contributed by atoms with Crippen LogP contribution in [-0.4, -0.2) is 21.0 Å². The third kappa shape index (κ3) is 2.37. The van der Waals surface area contributed by atoms with E-state index in [2.05, 4.69) is 38.4 Å². The summed E-state index contributed by atoms with van der Waals surface area (Å²) in [7, 11) is 0. The lowest BCUT2D eigenvalue weighted by Gasteiger charge is -2.45. The predicted octanol–water partition coefficient (Wildman–Crippen LogP) is 4.17. The molecule has 0 amide bonds. The van der Waals surface area contributed by atoms with Crippen LogP contribution in [0.1, 0.15) is 17.9 Å². The number of allylic oxidation sites excluding steroid dienone is 5. The number of fused-ring (bicyclic) bond motifs is 1. The highest BCUT2D eigenvalue weighted by Gasteiger charge is 2.57. The molecule has 1 aromatic carbocycles. The lowest BCUT2D eigenvalue weighted by atomic mass is 9.64. The SMILES string of the molecule is C=CC1=CC[C@H]2C(=O)C(Br)=CC(=O)[C@@]2(Br)[C@H]1c1ccccc1O. The zero-order valence-electron chi connectivity index (χ0n) is 12.1. The van der Waals surface area contributed by atoms with Gasteiger partial charge in [0, 0.05) is 17.6 Å². The molecule has 2 aliphatic rings. The molecule has 0 aromatic heterocycles. The van der Waals surface area contributed by atoms with Gasteiger partial charge in [0.25, 0.3) is 0 Å². The van der Waals surface area contributed by atoms with Gasteiger partial charge in [-0.2, -0.15) is 0 Å². The second-order valence-electron chi connectivity index (χ2n) is 5.68. The molecule has 5 heteroatoms. The zero-order valence-corrected chi connectivity index (χ0v) is 15.3. The third-order valence-corrected chi connectivity index (χ3v) is 6.54. The normalized spacial score (nSPS) is 30.3. The number of hydrogen-bond donors (Lipinski definition) is 1. The van der Waals surface area contributed by atoms with Gasteiger partial charge in [-0.05, 0) is 34.0 Å². The predicted molar refractivity (Wildman–Crippen MR) is 95.9 cm³/mol. The number of alkyl halides is 1. The fourth-order valence-electron chi connectivity index (χ4n) is 3.40. The number of phenolic OH excluding ortho intramolecular Hbond substituents is 1. The van der Waals surface area contributed by atoms with Crippen molar-refractivity contribution in [2.45, 2.75) is 16.7 Å². The van der Waals surface area contributed by atoms with Crippen molar-refractivity contribution in [2.24, 2.45) is 5.92 Å². The molecule has 0 saturated carbocycles. The van der Waals surface area contributed by atoms with Gasteiger partial charge in [0.2, 0.25) is 0 Å². The fraction of sp³-hybridized carbons (Fsp3) is 0.222. The van der Waals surface area contributed by atoms with Gasteiger partial charge in [-0.3, -0.25) is 9.59 Å². The van der Waals surface area contributed by atoms with Crippen molar-refractivity contribution in [1.82, 2.24) is 0 Å². The topological polar surface area (TPSA) is 54.4 Å². The van der Waals surface area contributed by atoms with Crippen LogP contribution in [0.4, 0.5) is 0 Å². The van der Waals surface area contributed by atoms with E-state index in [-0.39, 0.29) is 17.3 Å². The summed E-state index contributed by atoms with van der Waals surface area (Å²) in [5.74, 6) is -1.20. The number of aromatic hydroxyl groups is 1. The number of ketones is 2. The zero-order chi connectivity index (χ0) is 16.8. The Balaban J connectivity index is 2.26. The van der Waals surface area contributed by atoms with Gasteiger partial charge in [-0.15, -0.1) is 0 Å². The standard InChI is InChI=1S/C18H14Br2O3/c1-2-10-7-8-12-17(23)13(19)9-15(22)18(12,20)16(10)11-5-3-4-6-14(11)21/h2-7,9,12,16,21H,1,8H2/t12-,16+,18+/m0/s1. The largest absolute Gasteiger partial charge is 0.508 e. The molecular formula is C18H14Br2O3. The fourth-order valence-corrected chi connectivity index (χ4v) is 4.91. The van der Waals surface area contributed by atoms with E-state index in [1.54, 1.807) is 30.3 Å². The second-order valence-corrected chi connectivity index (χ2v) is 7.84. The molecule has 0 unspecified atom stereocenters. The molecular weight excluding hydrogens is 424 g/mol. The van der Waals surface area contributed by atoms with E-state index in [4.69, 9.17) is 0 Å². The first kappa shape index (κ1) is 16.4. The lowest BCUT2D eigenvalue weighted by molar-refractivity contribution is -0.127. The quantitative estimate of drug-likeness (QED) is 0.706. The van der Waals surface area contributed by atoms with Crippen LogP contribution in [-0.2, 0) is 9.59 Å². The Morgan fingerprint density at radius 1 is 1.30 bits per heavy atom. The molecule has 3 nitrogen and oxygen atoms in total. The van der Waals surface area contributed by atoms with Crippen molar-refractivity contribution < 1.29 is 14.7 Å². The number of carbonyl (C=O) groups is 2. The van der Waals surface area contributed by atoms with E-state index in [9.17, 15) is 14.7 Å².